The first-order valence-electron chi connectivity index (χ1n) is 10.2. The highest BCUT2D eigenvalue weighted by Gasteiger charge is 2.15. The number of amides is 2. The topological polar surface area (TPSA) is 96.1 Å². The largest absolute Gasteiger partial charge is 0.446 e. The van der Waals surface area contributed by atoms with Crippen molar-refractivity contribution in [1.82, 2.24) is 10.9 Å². The van der Waals surface area contributed by atoms with Gasteiger partial charge in [0.1, 0.15) is 0 Å². The van der Waals surface area contributed by atoms with Gasteiger partial charge in [0.25, 0.3) is 0 Å². The van der Waals surface area contributed by atoms with Crippen molar-refractivity contribution in [1.29, 1.82) is 0 Å². The highest BCUT2D eigenvalue weighted by Crippen LogP contribution is 2.09. The number of furan rings is 1. The van der Waals surface area contributed by atoms with E-state index in [-0.39, 0.29) is 11.5 Å². The molecule has 2 aromatic carbocycles. The van der Waals surface area contributed by atoms with E-state index in [0.29, 0.717) is 0 Å². The number of nitrogens with one attached hydrogen (secondary N) is 2. The molecule has 0 fully saturated rings. The first-order chi connectivity index (χ1) is 16.0. The highest BCUT2D eigenvalue weighted by molar-refractivity contribution is 5.96. The fraction of sp³-hybridized carbons (Fsp3) is 0.0769. The predicted molar refractivity (Wildman–Crippen MR) is 131 cm³/mol. The van der Waals surface area contributed by atoms with E-state index in [9.17, 15) is 9.59 Å². The summed E-state index contributed by atoms with van der Waals surface area (Å²) in [5, 5.41) is 7.84. The van der Waals surface area contributed by atoms with Crippen molar-refractivity contribution in [3.05, 3.63) is 107 Å². The normalized spacial score (nSPS) is 12.3. The van der Waals surface area contributed by atoms with Crippen LogP contribution in [0.5, 0.6) is 0 Å². The molecule has 3 rings (SSSR count). The molecule has 1 aromatic heterocycles. The molecule has 2 amide bonds. The minimum atomic E-state index is -0.567. The van der Waals surface area contributed by atoms with E-state index < -0.39 is 11.8 Å². The molecule has 0 saturated carbocycles. The Bertz CT molecular complexity index is 1110. The van der Waals surface area contributed by atoms with Crippen LogP contribution in [0.4, 0.5) is 0 Å². The van der Waals surface area contributed by atoms with Gasteiger partial charge in [-0.25, -0.2) is 10.9 Å². The number of nitrogens with zero attached hydrogens (tertiary/aromatic N) is 2. The maximum atomic E-state index is 12.2. The third-order valence-corrected chi connectivity index (χ3v) is 4.31. The van der Waals surface area contributed by atoms with Crippen LogP contribution in [0.15, 0.2) is 98.6 Å². The molecule has 0 radical (unpaired) electrons. The number of hydrogen-bond acceptors (Lipinski definition) is 5. The van der Waals surface area contributed by atoms with E-state index in [1.165, 1.54) is 24.6 Å². The number of rotatable bonds is 8. The number of carbonyl (C=O) groups excluding carboxylic acids is 2. The van der Waals surface area contributed by atoms with Gasteiger partial charge < -0.3 is 4.42 Å². The van der Waals surface area contributed by atoms with Crippen molar-refractivity contribution in [2.75, 3.05) is 0 Å². The second kappa shape index (κ2) is 11.8. The van der Waals surface area contributed by atoms with Crippen molar-refractivity contribution in [3.63, 3.8) is 0 Å². The van der Waals surface area contributed by atoms with E-state index >= 15 is 0 Å². The van der Waals surface area contributed by atoms with E-state index in [1.807, 2.05) is 86.7 Å². The summed E-state index contributed by atoms with van der Waals surface area (Å²) in [6, 6.07) is 22.3. The maximum absolute atomic E-state index is 12.2. The molecule has 0 aliphatic heterocycles. The summed E-state index contributed by atoms with van der Waals surface area (Å²) in [5.74, 6) is -1.21. The summed E-state index contributed by atoms with van der Waals surface area (Å²) < 4.78 is 5.31. The predicted octanol–water partition coefficient (Wildman–Crippen LogP) is 4.92. The van der Waals surface area contributed by atoms with Crippen molar-refractivity contribution >= 4 is 36.4 Å². The average molecular weight is 441 g/mol. The molecule has 0 atom stereocenters. The summed E-state index contributed by atoms with van der Waals surface area (Å²) in [6.45, 7) is 3.74. The lowest BCUT2D eigenvalue weighted by molar-refractivity contribution is 0.0902. The minimum Gasteiger partial charge on any atom is -0.446 e. The molecule has 0 saturated heterocycles. The first kappa shape index (κ1) is 23.1. The highest BCUT2D eigenvalue weighted by atomic mass is 16.4. The molecule has 7 nitrogen and oxygen atoms in total. The number of hydrogen-bond donors (Lipinski definition) is 2. The second-order valence-electron chi connectivity index (χ2n) is 7.16. The van der Waals surface area contributed by atoms with Gasteiger partial charge in [0, 0.05) is 0 Å². The summed E-state index contributed by atoms with van der Waals surface area (Å²) in [7, 11) is 0. The van der Waals surface area contributed by atoms with Gasteiger partial charge in [-0.1, -0.05) is 72.8 Å². The van der Waals surface area contributed by atoms with Crippen molar-refractivity contribution < 1.29 is 14.0 Å². The van der Waals surface area contributed by atoms with Gasteiger partial charge in [0.2, 0.25) is 0 Å². The van der Waals surface area contributed by atoms with Crippen LogP contribution in [0.1, 0.15) is 46.1 Å². The SMILES string of the molecule is C/C(C=NNC(=O)c1ccc(C(=O)NN=C/C(C)=C/c2ccccc2)o1)=C\c1ccccc1. The standard InChI is InChI=1S/C26H24N4O3/c1-19(15-21-9-5-3-6-10-21)17-27-29-25(31)23-13-14-24(33-23)26(32)30-28-18-20(2)16-22-11-7-4-8-12-22/h3-18H,1-2H3,(H,29,31)(H,30,32)/b19-15+,20-16+,27-17?,28-18?. The fourth-order valence-electron chi connectivity index (χ4n) is 2.78. The summed E-state index contributed by atoms with van der Waals surface area (Å²) >= 11 is 0. The van der Waals surface area contributed by atoms with Gasteiger partial charge in [-0.05, 0) is 48.3 Å². The Morgan fingerprint density at radius 2 is 1.06 bits per heavy atom. The summed E-state index contributed by atoms with van der Waals surface area (Å²) in [4.78, 5) is 24.4. The molecule has 166 valence electrons. The average Bonchev–Trinajstić information content (AvgIpc) is 3.31. The Morgan fingerprint density at radius 1 is 0.667 bits per heavy atom. The first-order valence-corrected chi connectivity index (χ1v) is 10.2. The Labute approximate surface area is 192 Å². The van der Waals surface area contributed by atoms with Crippen LogP contribution < -0.4 is 10.9 Å². The maximum Gasteiger partial charge on any atom is 0.307 e. The lowest BCUT2D eigenvalue weighted by Gasteiger charge is -1.98. The Balaban J connectivity index is 1.51. The molecule has 0 aliphatic carbocycles. The number of carbonyl (C=O) groups is 2. The van der Waals surface area contributed by atoms with Gasteiger partial charge in [0.15, 0.2) is 11.5 Å². The molecular formula is C26H24N4O3. The van der Waals surface area contributed by atoms with Crippen molar-refractivity contribution in [2.45, 2.75) is 13.8 Å². The van der Waals surface area contributed by atoms with Crippen LogP contribution in [-0.2, 0) is 0 Å². The minimum absolute atomic E-state index is 0.0360. The van der Waals surface area contributed by atoms with Crippen LogP contribution in [-0.4, -0.2) is 24.2 Å². The summed E-state index contributed by atoms with van der Waals surface area (Å²) in [5.41, 5.74) is 8.53. The van der Waals surface area contributed by atoms with Crippen molar-refractivity contribution in [3.8, 4) is 0 Å². The number of benzene rings is 2. The molecule has 3 aromatic rings. The van der Waals surface area contributed by atoms with Crippen LogP contribution in [0, 0.1) is 0 Å². The number of allylic oxidation sites excluding steroid dienone is 2. The van der Waals surface area contributed by atoms with E-state index in [2.05, 4.69) is 21.1 Å². The molecule has 0 aliphatic rings. The Hall–Kier alpha value is -4.52. The zero-order chi connectivity index (χ0) is 23.5. The van der Waals surface area contributed by atoms with Gasteiger partial charge in [-0.2, -0.15) is 10.2 Å². The van der Waals surface area contributed by atoms with Crippen molar-refractivity contribution in [2.24, 2.45) is 10.2 Å². The fourth-order valence-corrected chi connectivity index (χ4v) is 2.78. The van der Waals surface area contributed by atoms with Gasteiger partial charge in [0.05, 0.1) is 12.4 Å². The van der Waals surface area contributed by atoms with Crippen LogP contribution in [0.2, 0.25) is 0 Å². The van der Waals surface area contributed by atoms with E-state index in [4.69, 9.17) is 4.42 Å². The Morgan fingerprint density at radius 3 is 1.45 bits per heavy atom. The molecule has 0 unspecified atom stereocenters. The third-order valence-electron chi connectivity index (χ3n) is 4.31. The Kier molecular flexibility index (Phi) is 8.25. The zero-order valence-electron chi connectivity index (χ0n) is 18.4. The molecule has 0 bridgehead atoms. The van der Waals surface area contributed by atoms with Crippen LogP contribution >= 0.6 is 0 Å². The number of hydrazone groups is 2. The van der Waals surface area contributed by atoms with E-state index in [1.54, 1.807) is 0 Å². The zero-order valence-corrected chi connectivity index (χ0v) is 18.4. The summed E-state index contributed by atoms with van der Waals surface area (Å²) in [6.07, 6.45) is 6.92. The molecular weight excluding hydrogens is 416 g/mol. The van der Waals surface area contributed by atoms with E-state index in [0.717, 1.165) is 22.3 Å². The van der Waals surface area contributed by atoms with Crippen LogP contribution in [0.3, 0.4) is 0 Å². The molecule has 33 heavy (non-hydrogen) atoms. The van der Waals surface area contributed by atoms with Crippen LogP contribution in [0.25, 0.3) is 12.2 Å². The molecule has 0 spiro atoms. The quantitative estimate of drug-likeness (QED) is 0.384. The monoisotopic (exact) mass is 440 g/mol. The van der Waals surface area contributed by atoms with Gasteiger partial charge in [-0.3, -0.25) is 9.59 Å². The lowest BCUT2D eigenvalue weighted by atomic mass is 10.1. The molecule has 1 heterocycles. The molecule has 7 heteroatoms. The van der Waals surface area contributed by atoms with Gasteiger partial charge in [-0.15, -0.1) is 0 Å². The smallest absolute Gasteiger partial charge is 0.307 e. The third kappa shape index (κ3) is 7.59. The molecule has 2 N–H and O–H groups in total. The van der Waals surface area contributed by atoms with Gasteiger partial charge >= 0.3 is 11.8 Å². The second-order valence-corrected chi connectivity index (χ2v) is 7.16. The lowest BCUT2D eigenvalue weighted by Crippen LogP contribution is -2.18.